The Kier molecular flexibility index (Phi) is 6.65. The van der Waals surface area contributed by atoms with E-state index in [1.54, 1.807) is 0 Å². The summed E-state index contributed by atoms with van der Waals surface area (Å²) in [7, 11) is 0. The van der Waals surface area contributed by atoms with E-state index in [4.69, 9.17) is 4.74 Å². The summed E-state index contributed by atoms with van der Waals surface area (Å²) < 4.78 is 5.43. The van der Waals surface area contributed by atoms with Gasteiger partial charge in [0.2, 0.25) is 5.91 Å². The predicted octanol–water partition coefficient (Wildman–Crippen LogP) is 2.27. The van der Waals surface area contributed by atoms with Gasteiger partial charge in [-0.25, -0.2) is 0 Å². The van der Waals surface area contributed by atoms with E-state index in [1.165, 1.54) is 17.5 Å². The molecule has 4 rings (SSSR count). The molecule has 3 fully saturated rings. The molecule has 28 heavy (non-hydrogen) atoms. The van der Waals surface area contributed by atoms with Crippen LogP contribution in [0.2, 0.25) is 0 Å². The van der Waals surface area contributed by atoms with Crippen LogP contribution in [0, 0.1) is 5.92 Å². The van der Waals surface area contributed by atoms with Crippen molar-refractivity contribution in [3.05, 3.63) is 35.4 Å². The van der Waals surface area contributed by atoms with E-state index in [0.29, 0.717) is 12.0 Å². The lowest BCUT2D eigenvalue weighted by atomic mass is 10.00. The van der Waals surface area contributed by atoms with Crippen LogP contribution in [0.4, 0.5) is 0 Å². The number of ether oxygens (including phenoxy) is 1. The summed E-state index contributed by atoms with van der Waals surface area (Å²) in [6.45, 7) is 10.4. The van der Waals surface area contributed by atoms with Crippen molar-refractivity contribution in [2.45, 2.75) is 44.6 Å². The number of hydrogen-bond donors (Lipinski definition) is 1. The van der Waals surface area contributed by atoms with Gasteiger partial charge < -0.3 is 15.0 Å². The van der Waals surface area contributed by atoms with E-state index in [9.17, 15) is 4.79 Å². The molecule has 3 atom stereocenters. The van der Waals surface area contributed by atoms with Gasteiger partial charge in [-0.15, -0.1) is 0 Å². The van der Waals surface area contributed by atoms with Crippen LogP contribution < -0.4 is 5.32 Å². The quantitative estimate of drug-likeness (QED) is 0.782. The molecule has 1 aromatic carbocycles. The average Bonchev–Trinajstić information content (AvgIpc) is 3.54. The van der Waals surface area contributed by atoms with Gasteiger partial charge >= 0.3 is 0 Å². The molecule has 0 radical (unpaired) electrons. The zero-order valence-electron chi connectivity index (χ0n) is 17.2. The fourth-order valence-electron chi connectivity index (χ4n) is 4.84. The van der Waals surface area contributed by atoms with Crippen LogP contribution >= 0.6 is 0 Å². The fourth-order valence-corrected chi connectivity index (χ4v) is 4.84. The van der Waals surface area contributed by atoms with E-state index >= 15 is 0 Å². The molecule has 0 aromatic heterocycles. The summed E-state index contributed by atoms with van der Waals surface area (Å²) in [4.78, 5) is 17.8. The van der Waals surface area contributed by atoms with Crippen LogP contribution in [-0.4, -0.2) is 74.2 Å². The lowest BCUT2D eigenvalue weighted by Crippen LogP contribution is -2.50. The molecule has 154 valence electrons. The minimum absolute atomic E-state index is 0.177. The third-order valence-electron chi connectivity index (χ3n) is 6.65. The van der Waals surface area contributed by atoms with Gasteiger partial charge in [-0.2, -0.15) is 0 Å². The summed E-state index contributed by atoms with van der Waals surface area (Å²) in [5, 5.41) is 3.37. The van der Waals surface area contributed by atoms with E-state index < -0.39 is 0 Å². The van der Waals surface area contributed by atoms with Gasteiger partial charge in [0, 0.05) is 44.7 Å². The Balaban J connectivity index is 1.23. The molecule has 2 heterocycles. The first-order chi connectivity index (χ1) is 13.7. The summed E-state index contributed by atoms with van der Waals surface area (Å²) in [6.07, 6.45) is 4.35. The molecule has 1 saturated carbocycles. The number of carbonyl (C=O) groups excluding carboxylic acids is 1. The van der Waals surface area contributed by atoms with Crippen LogP contribution in [0.3, 0.4) is 0 Å². The molecule has 1 amide bonds. The number of amides is 1. The van der Waals surface area contributed by atoms with E-state index in [-0.39, 0.29) is 11.8 Å². The number of carbonyl (C=O) groups is 1. The molecular weight excluding hydrogens is 350 g/mol. The van der Waals surface area contributed by atoms with Gasteiger partial charge in [-0.3, -0.25) is 9.69 Å². The molecule has 2 saturated heterocycles. The van der Waals surface area contributed by atoms with Gasteiger partial charge in [0.1, 0.15) is 0 Å². The zero-order valence-corrected chi connectivity index (χ0v) is 17.2. The lowest BCUT2D eigenvalue weighted by molar-refractivity contribution is -0.123. The van der Waals surface area contributed by atoms with Crippen molar-refractivity contribution < 1.29 is 9.53 Å². The smallest absolute Gasteiger partial charge is 0.224 e. The number of morpholine rings is 1. The molecule has 0 spiro atoms. The van der Waals surface area contributed by atoms with Gasteiger partial charge in [-0.05, 0) is 49.3 Å². The van der Waals surface area contributed by atoms with Crippen LogP contribution in [0.25, 0.3) is 0 Å². The minimum atomic E-state index is 0.177. The van der Waals surface area contributed by atoms with Crippen molar-refractivity contribution in [2.24, 2.45) is 5.92 Å². The topological polar surface area (TPSA) is 44.8 Å². The van der Waals surface area contributed by atoms with Crippen molar-refractivity contribution in [1.29, 1.82) is 0 Å². The second-order valence-corrected chi connectivity index (χ2v) is 8.60. The fraction of sp³-hybridized carbons (Fsp3) is 0.696. The van der Waals surface area contributed by atoms with Gasteiger partial charge in [0.15, 0.2) is 0 Å². The highest BCUT2D eigenvalue weighted by Gasteiger charge is 2.45. The number of nitrogens with one attached hydrogen (secondary N) is 1. The molecular formula is C23H35N3O2. The van der Waals surface area contributed by atoms with Crippen molar-refractivity contribution in [3.8, 4) is 0 Å². The first-order valence-corrected chi connectivity index (χ1v) is 11.1. The van der Waals surface area contributed by atoms with Crippen molar-refractivity contribution >= 4 is 5.91 Å². The minimum Gasteiger partial charge on any atom is -0.379 e. The summed E-state index contributed by atoms with van der Waals surface area (Å²) in [5.74, 6) is 0.879. The highest BCUT2D eigenvalue weighted by Crippen LogP contribution is 2.48. The van der Waals surface area contributed by atoms with Crippen LogP contribution in [-0.2, 0) is 16.0 Å². The maximum Gasteiger partial charge on any atom is 0.224 e. The summed E-state index contributed by atoms with van der Waals surface area (Å²) >= 11 is 0. The number of aryl methyl sites for hydroxylation is 1. The molecule has 5 nitrogen and oxygen atoms in total. The number of likely N-dealkylation sites (tertiary alicyclic amines) is 1. The van der Waals surface area contributed by atoms with Crippen LogP contribution in [0.15, 0.2) is 24.3 Å². The standard InChI is InChI=1S/C23H35N3O2/c1-2-18-6-3-4-8-20(18)21-16-22(21)23(27)24-19-7-5-9-26(17-19)11-10-25-12-14-28-15-13-25/h3-4,6,8,19,21-22H,2,5,7,9-17H2,1H3,(H,24,27)/t19?,21-,22+/m0/s1. The Morgan fingerprint density at radius 2 is 1.93 bits per heavy atom. The highest BCUT2D eigenvalue weighted by molar-refractivity contribution is 5.83. The third-order valence-corrected chi connectivity index (χ3v) is 6.65. The number of benzene rings is 1. The Hall–Kier alpha value is -1.43. The van der Waals surface area contributed by atoms with E-state index in [2.05, 4.69) is 46.3 Å². The molecule has 3 aliphatic rings. The first kappa shape index (κ1) is 19.9. The van der Waals surface area contributed by atoms with E-state index in [0.717, 1.165) is 71.7 Å². The molecule has 1 aliphatic carbocycles. The second kappa shape index (κ2) is 9.38. The van der Waals surface area contributed by atoms with Gasteiger partial charge in [0.05, 0.1) is 13.2 Å². The molecule has 2 aliphatic heterocycles. The molecule has 1 N–H and O–H groups in total. The SMILES string of the molecule is CCc1ccccc1[C@@H]1C[C@H]1C(=O)NC1CCCN(CCN2CCOCC2)C1. The molecule has 0 bridgehead atoms. The Morgan fingerprint density at radius 3 is 2.75 bits per heavy atom. The third kappa shape index (κ3) is 4.94. The molecule has 5 heteroatoms. The number of nitrogens with zero attached hydrogens (tertiary/aromatic N) is 2. The normalized spacial score (nSPS) is 28.8. The Bertz CT molecular complexity index is 659. The van der Waals surface area contributed by atoms with Crippen LogP contribution in [0.5, 0.6) is 0 Å². The highest BCUT2D eigenvalue weighted by atomic mass is 16.5. The zero-order chi connectivity index (χ0) is 19.3. The number of piperidine rings is 1. The lowest BCUT2D eigenvalue weighted by Gasteiger charge is -2.35. The second-order valence-electron chi connectivity index (χ2n) is 8.60. The monoisotopic (exact) mass is 385 g/mol. The van der Waals surface area contributed by atoms with E-state index in [1.807, 2.05) is 0 Å². The Morgan fingerprint density at radius 1 is 1.14 bits per heavy atom. The summed E-state index contributed by atoms with van der Waals surface area (Å²) in [6, 6.07) is 8.94. The van der Waals surface area contributed by atoms with Crippen molar-refractivity contribution in [3.63, 3.8) is 0 Å². The predicted molar refractivity (Wildman–Crippen MR) is 112 cm³/mol. The number of hydrogen-bond acceptors (Lipinski definition) is 4. The molecule has 1 unspecified atom stereocenters. The molecule has 1 aromatic rings. The van der Waals surface area contributed by atoms with Crippen LogP contribution in [0.1, 0.15) is 43.2 Å². The van der Waals surface area contributed by atoms with Gasteiger partial charge in [0.25, 0.3) is 0 Å². The number of rotatable bonds is 7. The maximum atomic E-state index is 12.8. The maximum absolute atomic E-state index is 12.8. The average molecular weight is 386 g/mol. The van der Waals surface area contributed by atoms with Gasteiger partial charge in [-0.1, -0.05) is 31.2 Å². The van der Waals surface area contributed by atoms with Crippen molar-refractivity contribution in [1.82, 2.24) is 15.1 Å². The first-order valence-electron chi connectivity index (χ1n) is 11.1. The largest absolute Gasteiger partial charge is 0.379 e. The Labute approximate surface area is 169 Å². The van der Waals surface area contributed by atoms with Crippen molar-refractivity contribution in [2.75, 3.05) is 52.5 Å². The summed E-state index contributed by atoms with van der Waals surface area (Å²) in [5.41, 5.74) is 2.79.